The lowest BCUT2D eigenvalue weighted by Crippen LogP contribution is -2.36. The predicted molar refractivity (Wildman–Crippen MR) is 56.0 cm³/mol. The fraction of sp³-hybridized carbons (Fsp3) is 0.455. The third kappa shape index (κ3) is 3.13. The zero-order valence-electron chi connectivity index (χ0n) is 8.72. The smallest absolute Gasteiger partial charge is 0.299 e. The summed E-state index contributed by atoms with van der Waals surface area (Å²) in [4.78, 5) is 2.20. The van der Waals surface area contributed by atoms with Gasteiger partial charge < -0.3 is 0 Å². The van der Waals surface area contributed by atoms with Crippen LogP contribution in [0, 0.1) is 0 Å². The quantitative estimate of drug-likeness (QED) is 0.803. The average molecular weight is 230 g/mol. The van der Waals surface area contributed by atoms with E-state index in [1.807, 2.05) is 6.07 Å². The van der Waals surface area contributed by atoms with Gasteiger partial charge >= 0.3 is 6.30 Å². The first-order chi connectivity index (χ1) is 7.53. The highest BCUT2D eigenvalue weighted by Gasteiger charge is 2.27. The number of anilines is 1. The summed E-state index contributed by atoms with van der Waals surface area (Å²) in [6.45, 7) is 2.81. The third-order valence-electron chi connectivity index (χ3n) is 2.57. The van der Waals surface area contributed by atoms with Crippen LogP contribution in [-0.4, -0.2) is 24.3 Å². The summed E-state index contributed by atoms with van der Waals surface area (Å²) in [5.41, 5.74) is 1.01. The molecule has 1 aliphatic rings. The predicted octanol–water partition coefficient (Wildman–Crippen LogP) is 2.82. The maximum atomic E-state index is 12.1. The monoisotopic (exact) mass is 230 g/mol. The minimum Gasteiger partial charge on any atom is -0.299 e. The van der Waals surface area contributed by atoms with Gasteiger partial charge in [-0.05, 0) is 37.2 Å². The SMILES string of the molecule is FC(F)(F)Nc1cccc(CN2CCC2)c1. The van der Waals surface area contributed by atoms with Crippen LogP contribution in [-0.2, 0) is 6.54 Å². The molecule has 16 heavy (non-hydrogen) atoms. The lowest BCUT2D eigenvalue weighted by molar-refractivity contribution is -0.0999. The first-order valence-corrected chi connectivity index (χ1v) is 5.19. The van der Waals surface area contributed by atoms with Gasteiger partial charge in [-0.1, -0.05) is 12.1 Å². The summed E-state index contributed by atoms with van der Waals surface area (Å²) in [6, 6.07) is 6.46. The molecule has 1 heterocycles. The zero-order chi connectivity index (χ0) is 11.6. The molecular weight excluding hydrogens is 217 g/mol. The van der Waals surface area contributed by atoms with Crippen LogP contribution in [0.2, 0.25) is 0 Å². The maximum Gasteiger partial charge on any atom is 0.482 e. The van der Waals surface area contributed by atoms with Gasteiger partial charge in [-0.25, -0.2) is 0 Å². The molecule has 0 unspecified atom stereocenters. The topological polar surface area (TPSA) is 15.3 Å². The molecular formula is C11H13F3N2. The van der Waals surface area contributed by atoms with Gasteiger partial charge in [-0.3, -0.25) is 10.2 Å². The number of nitrogens with one attached hydrogen (secondary N) is 1. The Hall–Kier alpha value is -1.23. The molecule has 1 aromatic rings. The molecule has 1 fully saturated rings. The highest BCUT2D eigenvalue weighted by molar-refractivity contribution is 5.46. The number of hydrogen-bond donors (Lipinski definition) is 1. The Morgan fingerprint density at radius 1 is 1.25 bits per heavy atom. The van der Waals surface area contributed by atoms with Crippen molar-refractivity contribution in [1.29, 1.82) is 0 Å². The lowest BCUT2D eigenvalue weighted by atomic mass is 10.1. The fourth-order valence-electron chi connectivity index (χ4n) is 1.71. The molecule has 2 nitrogen and oxygen atoms in total. The molecule has 0 radical (unpaired) electrons. The highest BCUT2D eigenvalue weighted by atomic mass is 19.4. The number of alkyl halides is 3. The molecule has 1 aliphatic heterocycles. The van der Waals surface area contributed by atoms with Crippen LogP contribution in [0.5, 0.6) is 0 Å². The van der Waals surface area contributed by atoms with E-state index in [2.05, 4.69) is 4.90 Å². The van der Waals surface area contributed by atoms with Gasteiger partial charge in [0.25, 0.3) is 0 Å². The Bertz CT molecular complexity index is 358. The van der Waals surface area contributed by atoms with E-state index in [4.69, 9.17) is 0 Å². The molecule has 0 aromatic heterocycles. The second-order valence-electron chi connectivity index (χ2n) is 3.95. The van der Waals surface area contributed by atoms with Gasteiger partial charge in [0.05, 0.1) is 0 Å². The summed E-state index contributed by atoms with van der Waals surface area (Å²) >= 11 is 0. The Morgan fingerprint density at radius 3 is 2.56 bits per heavy atom. The Morgan fingerprint density at radius 2 is 2.00 bits per heavy atom. The average Bonchev–Trinajstić information content (AvgIpc) is 2.09. The van der Waals surface area contributed by atoms with Crippen molar-refractivity contribution in [3.8, 4) is 0 Å². The first-order valence-electron chi connectivity index (χ1n) is 5.19. The van der Waals surface area contributed by atoms with Crippen LogP contribution in [0.4, 0.5) is 18.9 Å². The van der Waals surface area contributed by atoms with E-state index in [9.17, 15) is 13.2 Å². The Kier molecular flexibility index (Phi) is 3.05. The van der Waals surface area contributed by atoms with E-state index >= 15 is 0 Å². The van der Waals surface area contributed by atoms with Crippen LogP contribution in [0.1, 0.15) is 12.0 Å². The molecule has 0 bridgehead atoms. The van der Waals surface area contributed by atoms with Crippen LogP contribution >= 0.6 is 0 Å². The molecule has 1 N–H and O–H groups in total. The highest BCUT2D eigenvalue weighted by Crippen LogP contribution is 2.21. The van der Waals surface area contributed by atoms with Gasteiger partial charge in [0, 0.05) is 12.2 Å². The molecule has 1 saturated heterocycles. The number of nitrogens with zero attached hydrogens (tertiary/aromatic N) is 1. The van der Waals surface area contributed by atoms with E-state index in [1.54, 1.807) is 12.1 Å². The maximum absolute atomic E-state index is 12.1. The molecule has 0 amide bonds. The van der Waals surface area contributed by atoms with Gasteiger partial charge in [-0.2, -0.15) is 13.2 Å². The van der Waals surface area contributed by atoms with Crippen molar-refractivity contribution in [2.45, 2.75) is 19.3 Å². The van der Waals surface area contributed by atoms with Crippen molar-refractivity contribution in [2.75, 3.05) is 18.4 Å². The molecule has 0 atom stereocenters. The second-order valence-corrected chi connectivity index (χ2v) is 3.95. The summed E-state index contributed by atoms with van der Waals surface area (Å²) in [5, 5.41) is 1.51. The molecule has 2 rings (SSSR count). The summed E-state index contributed by atoms with van der Waals surface area (Å²) in [7, 11) is 0. The Balaban J connectivity index is 2.00. The van der Waals surface area contributed by atoms with E-state index in [0.717, 1.165) is 25.2 Å². The van der Waals surface area contributed by atoms with E-state index in [-0.39, 0.29) is 5.69 Å². The van der Waals surface area contributed by atoms with Gasteiger partial charge in [-0.15, -0.1) is 0 Å². The molecule has 0 aliphatic carbocycles. The summed E-state index contributed by atoms with van der Waals surface area (Å²) in [6.07, 6.45) is -3.18. The third-order valence-corrected chi connectivity index (χ3v) is 2.57. The van der Waals surface area contributed by atoms with Crippen LogP contribution in [0.25, 0.3) is 0 Å². The van der Waals surface area contributed by atoms with Crippen LogP contribution in [0.15, 0.2) is 24.3 Å². The van der Waals surface area contributed by atoms with Gasteiger partial charge in [0.1, 0.15) is 0 Å². The van der Waals surface area contributed by atoms with Crippen molar-refractivity contribution in [2.24, 2.45) is 0 Å². The van der Waals surface area contributed by atoms with Crippen LogP contribution in [0.3, 0.4) is 0 Å². The first kappa shape index (κ1) is 11.3. The van der Waals surface area contributed by atoms with Crippen molar-refractivity contribution in [1.82, 2.24) is 4.90 Å². The summed E-state index contributed by atoms with van der Waals surface area (Å²) in [5.74, 6) is 0. The van der Waals surface area contributed by atoms with Crippen molar-refractivity contribution >= 4 is 5.69 Å². The minimum atomic E-state index is -4.37. The standard InChI is InChI=1S/C11H13F3N2/c12-11(13,14)15-10-4-1-3-9(7-10)8-16-5-2-6-16/h1,3-4,7,15H,2,5-6,8H2. The summed E-state index contributed by atoms with van der Waals surface area (Å²) < 4.78 is 36.3. The van der Waals surface area contributed by atoms with E-state index < -0.39 is 6.30 Å². The van der Waals surface area contributed by atoms with Crippen molar-refractivity contribution in [3.63, 3.8) is 0 Å². The largest absolute Gasteiger partial charge is 0.482 e. The van der Waals surface area contributed by atoms with Crippen LogP contribution < -0.4 is 5.32 Å². The number of likely N-dealkylation sites (tertiary alicyclic amines) is 1. The normalized spacial score (nSPS) is 16.9. The number of rotatable bonds is 3. The van der Waals surface area contributed by atoms with E-state index in [0.29, 0.717) is 0 Å². The number of hydrogen-bond acceptors (Lipinski definition) is 2. The van der Waals surface area contributed by atoms with Crippen molar-refractivity contribution in [3.05, 3.63) is 29.8 Å². The number of halogens is 3. The molecule has 1 aromatic carbocycles. The fourth-order valence-corrected chi connectivity index (χ4v) is 1.71. The van der Waals surface area contributed by atoms with Gasteiger partial charge in [0.15, 0.2) is 0 Å². The lowest BCUT2D eigenvalue weighted by Gasteiger charge is -2.30. The zero-order valence-corrected chi connectivity index (χ0v) is 8.72. The van der Waals surface area contributed by atoms with E-state index in [1.165, 1.54) is 17.8 Å². The Labute approximate surface area is 92.1 Å². The minimum absolute atomic E-state index is 0.102. The van der Waals surface area contributed by atoms with Crippen molar-refractivity contribution < 1.29 is 13.2 Å². The molecule has 0 saturated carbocycles. The molecule has 0 spiro atoms. The molecule has 88 valence electrons. The molecule has 5 heteroatoms. The number of benzene rings is 1. The second kappa shape index (κ2) is 4.33. The van der Waals surface area contributed by atoms with Gasteiger partial charge in [0.2, 0.25) is 0 Å².